The molecule has 0 aliphatic rings. The summed E-state index contributed by atoms with van der Waals surface area (Å²) in [6.07, 6.45) is 0. The van der Waals surface area contributed by atoms with Crippen molar-refractivity contribution < 1.29 is 9.53 Å². The normalized spacial score (nSPS) is 10.5. The van der Waals surface area contributed by atoms with Gasteiger partial charge in [-0.1, -0.05) is 24.3 Å². The first-order chi connectivity index (χ1) is 11.1. The Morgan fingerprint density at radius 3 is 2.70 bits per heavy atom. The van der Waals surface area contributed by atoms with E-state index in [0.29, 0.717) is 27.9 Å². The lowest BCUT2D eigenvalue weighted by atomic mass is 10.1. The topological polar surface area (TPSA) is 71.2 Å². The van der Waals surface area contributed by atoms with Crippen molar-refractivity contribution in [2.75, 3.05) is 12.4 Å². The zero-order valence-corrected chi connectivity index (χ0v) is 12.8. The fourth-order valence-electron chi connectivity index (χ4n) is 2.50. The van der Waals surface area contributed by atoms with Crippen molar-refractivity contribution in [3.63, 3.8) is 0 Å². The van der Waals surface area contributed by atoms with Crippen molar-refractivity contribution in [2.45, 2.75) is 6.92 Å². The van der Waals surface area contributed by atoms with Gasteiger partial charge < -0.3 is 15.0 Å². The second kappa shape index (κ2) is 5.96. The van der Waals surface area contributed by atoms with Crippen LogP contribution in [0.1, 0.15) is 15.9 Å². The van der Waals surface area contributed by atoms with Crippen molar-refractivity contribution >= 4 is 22.5 Å². The van der Waals surface area contributed by atoms with Crippen LogP contribution in [0.3, 0.4) is 0 Å². The quantitative estimate of drug-likeness (QED) is 0.781. The second-order valence-electron chi connectivity index (χ2n) is 5.25. The summed E-state index contributed by atoms with van der Waals surface area (Å²) in [5.41, 5.74) is 2.21. The Kier molecular flexibility index (Phi) is 3.85. The van der Waals surface area contributed by atoms with Gasteiger partial charge in [0.1, 0.15) is 5.75 Å². The van der Waals surface area contributed by atoms with E-state index in [1.165, 1.54) is 6.07 Å². The number of para-hydroxylation sites is 1. The molecule has 2 aromatic carbocycles. The maximum absolute atomic E-state index is 12.6. The first kappa shape index (κ1) is 14.8. The van der Waals surface area contributed by atoms with Crippen molar-refractivity contribution in [1.29, 1.82) is 0 Å². The number of ether oxygens (including phenoxy) is 1. The molecule has 0 unspecified atom stereocenters. The van der Waals surface area contributed by atoms with Crippen LogP contribution in [0.5, 0.6) is 5.75 Å². The molecule has 1 aromatic heterocycles. The van der Waals surface area contributed by atoms with Gasteiger partial charge in [-0.15, -0.1) is 0 Å². The SMILES string of the molecule is COc1ccc(C)cc1NC(=O)c1cc(=O)[nH]c2ccccc12. The van der Waals surface area contributed by atoms with Crippen molar-refractivity contribution in [3.05, 3.63) is 70.0 Å². The highest BCUT2D eigenvalue weighted by atomic mass is 16.5. The lowest BCUT2D eigenvalue weighted by Gasteiger charge is -2.12. The monoisotopic (exact) mass is 308 g/mol. The molecule has 0 aliphatic heterocycles. The molecule has 0 saturated heterocycles. The summed E-state index contributed by atoms with van der Waals surface area (Å²) in [6, 6.07) is 14.0. The Bertz CT molecular complexity index is 944. The van der Waals surface area contributed by atoms with Crippen LogP contribution in [0.4, 0.5) is 5.69 Å². The molecule has 0 bridgehead atoms. The number of rotatable bonds is 3. The molecule has 1 heterocycles. The summed E-state index contributed by atoms with van der Waals surface area (Å²) in [6.45, 7) is 1.93. The van der Waals surface area contributed by atoms with E-state index < -0.39 is 0 Å². The molecule has 3 rings (SSSR count). The van der Waals surface area contributed by atoms with Gasteiger partial charge in [0.15, 0.2) is 0 Å². The first-order valence-corrected chi connectivity index (χ1v) is 7.16. The molecule has 1 amide bonds. The predicted octanol–water partition coefficient (Wildman–Crippen LogP) is 3.10. The smallest absolute Gasteiger partial charge is 0.256 e. The van der Waals surface area contributed by atoms with Gasteiger partial charge in [0.05, 0.1) is 18.4 Å². The maximum atomic E-state index is 12.6. The number of methoxy groups -OCH3 is 1. The van der Waals surface area contributed by atoms with Crippen LogP contribution in [-0.4, -0.2) is 18.0 Å². The zero-order chi connectivity index (χ0) is 16.4. The molecule has 0 spiro atoms. The first-order valence-electron chi connectivity index (χ1n) is 7.16. The van der Waals surface area contributed by atoms with Gasteiger partial charge in [-0.25, -0.2) is 0 Å². The summed E-state index contributed by atoms with van der Waals surface area (Å²) in [4.78, 5) is 27.1. The molecule has 2 N–H and O–H groups in total. The number of fused-ring (bicyclic) bond motifs is 1. The molecule has 5 nitrogen and oxygen atoms in total. The number of benzene rings is 2. The average molecular weight is 308 g/mol. The molecular formula is C18H16N2O3. The molecule has 23 heavy (non-hydrogen) atoms. The van der Waals surface area contributed by atoms with E-state index in [0.717, 1.165) is 5.56 Å². The predicted molar refractivity (Wildman–Crippen MR) is 90.3 cm³/mol. The molecule has 116 valence electrons. The summed E-state index contributed by atoms with van der Waals surface area (Å²) in [5, 5.41) is 3.51. The number of nitrogens with one attached hydrogen (secondary N) is 2. The standard InChI is InChI=1S/C18H16N2O3/c1-11-7-8-16(23-2)15(9-11)20-18(22)13-10-17(21)19-14-6-4-3-5-12(13)14/h3-10H,1-2H3,(H,19,21)(H,20,22). The number of hydrogen-bond acceptors (Lipinski definition) is 3. The third-order valence-electron chi connectivity index (χ3n) is 3.60. The molecule has 0 atom stereocenters. The minimum absolute atomic E-state index is 0.315. The third-order valence-corrected chi connectivity index (χ3v) is 3.60. The highest BCUT2D eigenvalue weighted by molar-refractivity contribution is 6.12. The van der Waals surface area contributed by atoms with Crippen molar-refractivity contribution in [1.82, 2.24) is 4.98 Å². The third kappa shape index (κ3) is 2.94. The Hall–Kier alpha value is -3.08. The van der Waals surface area contributed by atoms with Crippen molar-refractivity contribution in [2.24, 2.45) is 0 Å². The lowest BCUT2D eigenvalue weighted by molar-refractivity contribution is 0.102. The number of carbonyl (C=O) groups excluding carboxylic acids is 1. The highest BCUT2D eigenvalue weighted by Gasteiger charge is 2.14. The van der Waals surface area contributed by atoms with E-state index in [4.69, 9.17) is 4.74 Å². The minimum atomic E-state index is -0.351. The largest absolute Gasteiger partial charge is 0.495 e. The number of aryl methyl sites for hydroxylation is 1. The maximum Gasteiger partial charge on any atom is 0.256 e. The molecule has 0 saturated carbocycles. The van der Waals surface area contributed by atoms with Crippen LogP contribution in [0.2, 0.25) is 0 Å². The fourth-order valence-corrected chi connectivity index (χ4v) is 2.50. The van der Waals surface area contributed by atoms with Gasteiger partial charge in [0.2, 0.25) is 5.56 Å². The molecule has 5 heteroatoms. The van der Waals surface area contributed by atoms with Gasteiger partial charge in [0, 0.05) is 17.0 Å². The molecular weight excluding hydrogens is 292 g/mol. The van der Waals surface area contributed by atoms with Crippen molar-refractivity contribution in [3.8, 4) is 5.75 Å². The van der Waals surface area contributed by atoms with E-state index in [2.05, 4.69) is 10.3 Å². The Balaban J connectivity index is 2.05. The van der Waals surface area contributed by atoms with Gasteiger partial charge >= 0.3 is 0 Å². The van der Waals surface area contributed by atoms with Crippen LogP contribution in [-0.2, 0) is 0 Å². The van der Waals surface area contributed by atoms with E-state index in [-0.39, 0.29) is 11.5 Å². The number of aromatic amines is 1. The molecule has 3 aromatic rings. The number of carbonyl (C=O) groups is 1. The number of hydrogen-bond donors (Lipinski definition) is 2. The summed E-state index contributed by atoms with van der Waals surface area (Å²) in [7, 11) is 1.54. The van der Waals surface area contributed by atoms with Crippen LogP contribution < -0.4 is 15.6 Å². The van der Waals surface area contributed by atoms with E-state index in [1.54, 1.807) is 25.3 Å². The Labute approximate surface area is 132 Å². The van der Waals surface area contributed by atoms with Crippen LogP contribution in [0.25, 0.3) is 10.9 Å². The molecule has 0 aliphatic carbocycles. The molecule has 0 radical (unpaired) electrons. The Morgan fingerprint density at radius 2 is 1.91 bits per heavy atom. The fraction of sp³-hybridized carbons (Fsp3) is 0.111. The second-order valence-corrected chi connectivity index (χ2v) is 5.25. The number of H-pyrrole nitrogens is 1. The van der Waals surface area contributed by atoms with Crippen LogP contribution in [0, 0.1) is 6.92 Å². The zero-order valence-electron chi connectivity index (χ0n) is 12.8. The van der Waals surface area contributed by atoms with Crippen LogP contribution >= 0.6 is 0 Å². The number of amides is 1. The Morgan fingerprint density at radius 1 is 1.13 bits per heavy atom. The molecule has 0 fully saturated rings. The van der Waals surface area contributed by atoms with Crippen LogP contribution in [0.15, 0.2) is 53.3 Å². The average Bonchev–Trinajstić information content (AvgIpc) is 2.54. The highest BCUT2D eigenvalue weighted by Crippen LogP contribution is 2.26. The minimum Gasteiger partial charge on any atom is -0.495 e. The summed E-state index contributed by atoms with van der Waals surface area (Å²) < 4.78 is 5.27. The summed E-state index contributed by atoms with van der Waals surface area (Å²) >= 11 is 0. The van der Waals surface area contributed by atoms with Gasteiger partial charge in [-0.05, 0) is 30.7 Å². The van der Waals surface area contributed by atoms with E-state index in [1.807, 2.05) is 31.2 Å². The number of pyridine rings is 1. The summed E-state index contributed by atoms with van der Waals surface area (Å²) in [5.74, 6) is 0.217. The van der Waals surface area contributed by atoms with E-state index in [9.17, 15) is 9.59 Å². The van der Waals surface area contributed by atoms with Gasteiger partial charge in [-0.2, -0.15) is 0 Å². The van der Waals surface area contributed by atoms with Gasteiger partial charge in [0.25, 0.3) is 5.91 Å². The van der Waals surface area contributed by atoms with E-state index >= 15 is 0 Å². The lowest BCUT2D eigenvalue weighted by Crippen LogP contribution is -2.17. The number of anilines is 1. The number of aromatic nitrogens is 1. The van der Waals surface area contributed by atoms with Gasteiger partial charge in [-0.3, -0.25) is 9.59 Å².